The molecule has 13 heteroatoms. The van der Waals surface area contributed by atoms with Crippen LogP contribution >= 0.6 is 11.3 Å². The number of benzene rings is 1. The predicted molar refractivity (Wildman–Crippen MR) is 162 cm³/mol. The van der Waals surface area contributed by atoms with E-state index in [0.29, 0.717) is 33.9 Å². The zero-order chi connectivity index (χ0) is 31.9. The molecule has 3 heterocycles. The van der Waals surface area contributed by atoms with Gasteiger partial charge in [0, 0.05) is 36.6 Å². The van der Waals surface area contributed by atoms with Crippen molar-refractivity contribution in [3.63, 3.8) is 0 Å². The number of methoxy groups -OCH3 is 2. The van der Waals surface area contributed by atoms with Crippen LogP contribution in [0.3, 0.4) is 0 Å². The maximum Gasteiger partial charge on any atom is 0.410 e. The lowest BCUT2D eigenvalue weighted by molar-refractivity contribution is -0.0889. The summed E-state index contributed by atoms with van der Waals surface area (Å²) in [6.07, 6.45) is 0.686. The molecule has 1 aliphatic heterocycles. The standard InChI is InChI=1S/C30H38F2N4O6S/c1-29(2,3)42-28(39)36-10-9-24(30(31,32)16-36)33-26(37)23-13-18-25(43-23)19(15-35(6)27(18)38)17-11-21(40-7)20(14-34(4)5)22(12-17)41-8/h11-13,15,24H,9-10,14,16H2,1-8H3,(H,33,37). The zero-order valence-corrected chi connectivity index (χ0v) is 26.5. The Labute approximate surface area is 253 Å². The molecule has 0 spiro atoms. The van der Waals surface area contributed by atoms with E-state index in [2.05, 4.69) is 5.32 Å². The second-order valence-electron chi connectivity index (χ2n) is 11.9. The first-order valence-electron chi connectivity index (χ1n) is 13.7. The summed E-state index contributed by atoms with van der Waals surface area (Å²) in [5, 5.41) is 2.73. The number of thiophene rings is 1. The van der Waals surface area contributed by atoms with Crippen molar-refractivity contribution < 1.29 is 32.6 Å². The normalized spacial score (nSPS) is 16.8. The highest BCUT2D eigenvalue weighted by atomic mass is 32.1. The van der Waals surface area contributed by atoms with Gasteiger partial charge in [0.05, 0.1) is 42.6 Å². The van der Waals surface area contributed by atoms with Crippen molar-refractivity contribution in [2.24, 2.45) is 7.05 Å². The molecule has 1 unspecified atom stereocenters. The van der Waals surface area contributed by atoms with E-state index in [1.807, 2.05) is 31.1 Å². The fourth-order valence-corrected chi connectivity index (χ4v) is 6.09. The van der Waals surface area contributed by atoms with E-state index in [1.54, 1.807) is 48.2 Å². The Morgan fingerprint density at radius 3 is 2.30 bits per heavy atom. The molecule has 10 nitrogen and oxygen atoms in total. The quantitative estimate of drug-likeness (QED) is 0.408. The van der Waals surface area contributed by atoms with Crippen molar-refractivity contribution in [1.82, 2.24) is 19.7 Å². The van der Waals surface area contributed by atoms with Gasteiger partial charge >= 0.3 is 6.09 Å². The van der Waals surface area contributed by atoms with Crippen LogP contribution in [0.2, 0.25) is 0 Å². The number of hydrogen-bond acceptors (Lipinski definition) is 8. The molecule has 0 bridgehead atoms. The molecule has 1 aromatic carbocycles. The molecular formula is C30H38F2N4O6S. The van der Waals surface area contributed by atoms with Crippen LogP contribution in [0.5, 0.6) is 11.5 Å². The first kappa shape index (κ1) is 32.2. The number of fused-ring (bicyclic) bond motifs is 1. The van der Waals surface area contributed by atoms with Crippen LogP contribution < -0.4 is 20.3 Å². The molecule has 1 atom stereocenters. The average Bonchev–Trinajstić information content (AvgIpc) is 3.36. The number of likely N-dealkylation sites (tertiary alicyclic amines) is 1. The number of halogens is 2. The molecule has 0 saturated carbocycles. The number of aromatic nitrogens is 1. The topological polar surface area (TPSA) is 102 Å². The number of carbonyl (C=O) groups is 2. The van der Waals surface area contributed by atoms with Crippen LogP contribution in [0.25, 0.3) is 21.2 Å². The van der Waals surface area contributed by atoms with Crippen LogP contribution in [0.15, 0.2) is 29.2 Å². The van der Waals surface area contributed by atoms with Gasteiger partial charge in [-0.1, -0.05) is 0 Å². The summed E-state index contributed by atoms with van der Waals surface area (Å²) >= 11 is 1.05. The van der Waals surface area contributed by atoms with Gasteiger partial charge in [-0.2, -0.15) is 0 Å². The summed E-state index contributed by atoms with van der Waals surface area (Å²) in [6.45, 7) is 4.67. The van der Waals surface area contributed by atoms with Crippen molar-refractivity contribution in [3.05, 3.63) is 45.2 Å². The van der Waals surface area contributed by atoms with E-state index < -0.39 is 36.1 Å². The van der Waals surface area contributed by atoms with Crippen LogP contribution in [0.1, 0.15) is 42.4 Å². The fourth-order valence-electron chi connectivity index (χ4n) is 5.01. The molecule has 2 amide bonds. The largest absolute Gasteiger partial charge is 0.496 e. The van der Waals surface area contributed by atoms with Crippen molar-refractivity contribution in [1.29, 1.82) is 0 Å². The molecule has 4 rings (SSSR count). The molecule has 1 saturated heterocycles. The second kappa shape index (κ2) is 12.1. The summed E-state index contributed by atoms with van der Waals surface area (Å²) < 4.78 is 48.7. The number of rotatable bonds is 7. The predicted octanol–water partition coefficient (Wildman–Crippen LogP) is 4.72. The number of piperidine rings is 1. The monoisotopic (exact) mass is 620 g/mol. The van der Waals surface area contributed by atoms with Gasteiger partial charge < -0.3 is 33.9 Å². The van der Waals surface area contributed by atoms with Crippen molar-refractivity contribution >= 4 is 33.4 Å². The number of hydrogen-bond donors (Lipinski definition) is 1. The van der Waals surface area contributed by atoms with E-state index >= 15 is 8.78 Å². The van der Waals surface area contributed by atoms with Crippen molar-refractivity contribution in [2.45, 2.75) is 51.3 Å². The van der Waals surface area contributed by atoms with Crippen LogP contribution in [0.4, 0.5) is 13.6 Å². The van der Waals surface area contributed by atoms with Gasteiger partial charge in [0.25, 0.3) is 17.4 Å². The van der Waals surface area contributed by atoms with E-state index in [9.17, 15) is 14.4 Å². The number of ether oxygens (including phenoxy) is 3. The summed E-state index contributed by atoms with van der Waals surface area (Å²) in [5.74, 6) is -2.91. The number of carbonyl (C=O) groups excluding carboxylic acids is 2. The SMILES string of the molecule is COc1cc(-c2cn(C)c(=O)c3cc(C(=O)NC4CCN(C(=O)OC(C)(C)C)CC4(F)F)sc23)cc(OC)c1CN(C)C. The van der Waals surface area contributed by atoms with Gasteiger partial charge in [0.2, 0.25) is 0 Å². The lowest BCUT2D eigenvalue weighted by Crippen LogP contribution is -2.59. The van der Waals surface area contributed by atoms with E-state index in [1.165, 1.54) is 10.6 Å². The first-order chi connectivity index (χ1) is 20.0. The summed E-state index contributed by atoms with van der Waals surface area (Å²) in [7, 11) is 8.60. The summed E-state index contributed by atoms with van der Waals surface area (Å²) in [4.78, 5) is 41.7. The number of alkyl halides is 2. The van der Waals surface area contributed by atoms with E-state index in [4.69, 9.17) is 14.2 Å². The first-order valence-corrected chi connectivity index (χ1v) is 14.6. The Morgan fingerprint density at radius 1 is 1.14 bits per heavy atom. The third-order valence-corrected chi connectivity index (χ3v) is 8.19. The lowest BCUT2D eigenvalue weighted by Gasteiger charge is -2.38. The number of aryl methyl sites for hydroxylation is 1. The van der Waals surface area contributed by atoms with Gasteiger partial charge in [-0.25, -0.2) is 13.6 Å². The molecule has 1 N–H and O–H groups in total. The summed E-state index contributed by atoms with van der Waals surface area (Å²) in [5.41, 5.74) is 1.06. The van der Waals surface area contributed by atoms with Gasteiger partial charge in [-0.05, 0) is 65.0 Å². The third-order valence-electron chi connectivity index (χ3n) is 7.02. The van der Waals surface area contributed by atoms with E-state index in [0.717, 1.165) is 21.8 Å². The van der Waals surface area contributed by atoms with Gasteiger partial charge in [0.15, 0.2) is 0 Å². The molecule has 1 fully saturated rings. The molecule has 0 aliphatic carbocycles. The zero-order valence-electron chi connectivity index (χ0n) is 25.7. The lowest BCUT2D eigenvalue weighted by atomic mass is 10.0. The number of nitrogens with zero attached hydrogens (tertiary/aromatic N) is 3. The Bertz CT molecular complexity index is 1570. The minimum absolute atomic E-state index is 0.0000404. The number of amides is 2. The number of nitrogens with one attached hydrogen (secondary N) is 1. The van der Waals surface area contributed by atoms with Gasteiger partial charge in [0.1, 0.15) is 17.1 Å². The number of pyridine rings is 1. The molecule has 43 heavy (non-hydrogen) atoms. The van der Waals surface area contributed by atoms with E-state index in [-0.39, 0.29) is 28.8 Å². The minimum atomic E-state index is -3.38. The Morgan fingerprint density at radius 2 is 1.77 bits per heavy atom. The average molecular weight is 621 g/mol. The van der Waals surface area contributed by atoms with Crippen LogP contribution in [-0.4, -0.2) is 85.3 Å². The molecule has 2 aromatic heterocycles. The highest BCUT2D eigenvalue weighted by Crippen LogP contribution is 2.40. The Kier molecular flexibility index (Phi) is 9.08. The van der Waals surface area contributed by atoms with Crippen molar-refractivity contribution in [2.75, 3.05) is 41.4 Å². The molecular weight excluding hydrogens is 582 g/mol. The van der Waals surface area contributed by atoms with Gasteiger partial charge in [-0.3, -0.25) is 9.59 Å². The molecule has 234 valence electrons. The highest BCUT2D eigenvalue weighted by Gasteiger charge is 2.47. The molecule has 1 aliphatic rings. The van der Waals surface area contributed by atoms with Crippen LogP contribution in [-0.2, 0) is 18.3 Å². The Balaban J connectivity index is 1.66. The molecule has 0 radical (unpaired) electrons. The Hall–Kier alpha value is -3.71. The second-order valence-corrected chi connectivity index (χ2v) is 12.9. The third kappa shape index (κ3) is 6.93. The van der Waals surface area contributed by atoms with Gasteiger partial charge in [-0.15, -0.1) is 11.3 Å². The maximum absolute atomic E-state index is 15.1. The van der Waals surface area contributed by atoms with Crippen LogP contribution in [0, 0.1) is 0 Å². The van der Waals surface area contributed by atoms with Crippen molar-refractivity contribution in [3.8, 4) is 22.6 Å². The maximum atomic E-state index is 15.1. The summed E-state index contributed by atoms with van der Waals surface area (Å²) in [6, 6.07) is 3.63. The highest BCUT2D eigenvalue weighted by molar-refractivity contribution is 7.21. The smallest absolute Gasteiger partial charge is 0.410 e. The molecule has 3 aromatic rings. The minimum Gasteiger partial charge on any atom is -0.496 e. The fraction of sp³-hybridized carbons (Fsp3) is 0.500.